The molecule has 0 radical (unpaired) electrons. The molecule has 23 heavy (non-hydrogen) atoms. The van der Waals surface area contributed by atoms with E-state index >= 15 is 0 Å². The Bertz CT molecular complexity index is 680. The van der Waals surface area contributed by atoms with Crippen molar-refractivity contribution in [3.05, 3.63) is 59.9 Å². The van der Waals surface area contributed by atoms with E-state index in [4.69, 9.17) is 0 Å². The van der Waals surface area contributed by atoms with Crippen LogP contribution in [0.5, 0.6) is 5.75 Å². The zero-order chi connectivity index (χ0) is 16.2. The molecule has 1 fully saturated rings. The molecule has 0 aliphatic carbocycles. The monoisotopic (exact) mass is 314 g/mol. The van der Waals surface area contributed by atoms with Gasteiger partial charge in [0.25, 0.3) is 0 Å². The topological polar surface area (TPSA) is 43.8 Å². The van der Waals surface area contributed by atoms with Crippen molar-refractivity contribution in [3.8, 4) is 5.75 Å². The van der Waals surface area contributed by atoms with Crippen molar-refractivity contribution in [2.75, 3.05) is 31.1 Å². The zero-order valence-corrected chi connectivity index (χ0v) is 12.8. The number of piperazine rings is 1. The number of aromatic hydroxyl groups is 1. The lowest BCUT2D eigenvalue weighted by molar-refractivity contribution is -0.130. The molecular weight excluding hydrogens is 295 g/mol. The van der Waals surface area contributed by atoms with Crippen LogP contribution in [0.1, 0.15) is 5.56 Å². The molecule has 1 heterocycles. The number of rotatable bonds is 3. The molecule has 1 amide bonds. The van der Waals surface area contributed by atoms with Crippen molar-refractivity contribution in [2.45, 2.75) is 6.42 Å². The van der Waals surface area contributed by atoms with E-state index in [1.54, 1.807) is 24.3 Å². The van der Waals surface area contributed by atoms with Crippen molar-refractivity contribution in [1.29, 1.82) is 0 Å². The number of hydrogen-bond acceptors (Lipinski definition) is 3. The van der Waals surface area contributed by atoms with Gasteiger partial charge < -0.3 is 14.9 Å². The molecule has 120 valence electrons. The van der Waals surface area contributed by atoms with E-state index in [1.807, 2.05) is 17.0 Å². The Morgan fingerprint density at radius 3 is 2.39 bits per heavy atom. The first-order valence-electron chi connectivity index (χ1n) is 7.68. The minimum absolute atomic E-state index is 0.0287. The number of nitrogens with zero attached hydrogens (tertiary/aromatic N) is 2. The summed E-state index contributed by atoms with van der Waals surface area (Å²) in [6, 6.07) is 13.3. The summed E-state index contributed by atoms with van der Waals surface area (Å²) in [5.74, 6) is -0.0361. The van der Waals surface area contributed by atoms with Crippen LogP contribution in [0.3, 0.4) is 0 Å². The van der Waals surface area contributed by atoms with Crippen LogP contribution in [-0.4, -0.2) is 42.1 Å². The van der Waals surface area contributed by atoms with Crippen LogP contribution in [0.25, 0.3) is 0 Å². The van der Waals surface area contributed by atoms with Crippen molar-refractivity contribution in [2.24, 2.45) is 0 Å². The number of halogens is 1. The molecular formula is C18H19FN2O2. The Labute approximate surface area is 134 Å². The average Bonchev–Trinajstić information content (AvgIpc) is 2.56. The summed E-state index contributed by atoms with van der Waals surface area (Å²) in [7, 11) is 0. The van der Waals surface area contributed by atoms with E-state index in [1.165, 1.54) is 12.1 Å². The second-order valence-corrected chi connectivity index (χ2v) is 5.69. The molecule has 1 N–H and O–H groups in total. The lowest BCUT2D eigenvalue weighted by atomic mass is 10.1. The van der Waals surface area contributed by atoms with Gasteiger partial charge in [0.05, 0.1) is 6.42 Å². The highest BCUT2D eigenvalue weighted by Crippen LogP contribution is 2.20. The van der Waals surface area contributed by atoms with E-state index in [-0.39, 0.29) is 23.9 Å². The van der Waals surface area contributed by atoms with Crippen molar-refractivity contribution < 1.29 is 14.3 Å². The quantitative estimate of drug-likeness (QED) is 0.946. The summed E-state index contributed by atoms with van der Waals surface area (Å²) in [6.07, 6.45) is 0.233. The van der Waals surface area contributed by atoms with Crippen LogP contribution in [0.2, 0.25) is 0 Å². The van der Waals surface area contributed by atoms with E-state index in [9.17, 15) is 14.3 Å². The molecule has 0 bridgehead atoms. The summed E-state index contributed by atoms with van der Waals surface area (Å²) < 4.78 is 13.2. The molecule has 0 unspecified atom stereocenters. The Morgan fingerprint density at radius 2 is 1.74 bits per heavy atom. The lowest BCUT2D eigenvalue weighted by Gasteiger charge is -2.36. The van der Waals surface area contributed by atoms with Crippen LogP contribution >= 0.6 is 0 Å². The molecule has 0 atom stereocenters. The van der Waals surface area contributed by atoms with Crippen molar-refractivity contribution in [3.63, 3.8) is 0 Å². The van der Waals surface area contributed by atoms with Gasteiger partial charge in [0.15, 0.2) is 0 Å². The SMILES string of the molecule is O=C(Cc1cccc(F)c1)N1CCN(c2ccc(O)cc2)CC1. The van der Waals surface area contributed by atoms with Crippen molar-refractivity contribution >= 4 is 11.6 Å². The maximum atomic E-state index is 13.2. The largest absolute Gasteiger partial charge is 0.508 e. The highest BCUT2D eigenvalue weighted by molar-refractivity contribution is 5.79. The summed E-state index contributed by atoms with van der Waals surface area (Å²) in [5.41, 5.74) is 1.75. The van der Waals surface area contributed by atoms with E-state index in [0.29, 0.717) is 18.7 Å². The number of carbonyl (C=O) groups is 1. The van der Waals surface area contributed by atoms with Gasteiger partial charge in [-0.3, -0.25) is 4.79 Å². The van der Waals surface area contributed by atoms with E-state index in [0.717, 1.165) is 18.8 Å². The molecule has 1 aliphatic heterocycles. The van der Waals surface area contributed by atoms with Gasteiger partial charge in [-0.2, -0.15) is 0 Å². The Kier molecular flexibility index (Phi) is 4.46. The predicted octanol–water partition coefficient (Wildman–Crippen LogP) is 2.42. The van der Waals surface area contributed by atoms with Crippen LogP contribution in [0.15, 0.2) is 48.5 Å². The smallest absolute Gasteiger partial charge is 0.227 e. The first kappa shape index (κ1) is 15.3. The predicted molar refractivity (Wildman–Crippen MR) is 87.0 cm³/mol. The number of carbonyl (C=O) groups excluding carboxylic acids is 1. The molecule has 1 aliphatic rings. The molecule has 0 saturated carbocycles. The maximum Gasteiger partial charge on any atom is 0.227 e. The number of anilines is 1. The van der Waals surface area contributed by atoms with E-state index < -0.39 is 0 Å². The summed E-state index contributed by atoms with van der Waals surface area (Å²) in [5, 5.41) is 9.33. The number of amides is 1. The second-order valence-electron chi connectivity index (χ2n) is 5.69. The second kappa shape index (κ2) is 6.69. The van der Waals surface area contributed by atoms with Gasteiger partial charge in [0.1, 0.15) is 11.6 Å². The highest BCUT2D eigenvalue weighted by Gasteiger charge is 2.21. The molecule has 3 rings (SSSR count). The third-order valence-corrected chi connectivity index (χ3v) is 4.09. The molecule has 5 heteroatoms. The van der Waals surface area contributed by atoms with E-state index in [2.05, 4.69) is 4.90 Å². The van der Waals surface area contributed by atoms with Gasteiger partial charge in [-0.05, 0) is 42.0 Å². The highest BCUT2D eigenvalue weighted by atomic mass is 19.1. The van der Waals surface area contributed by atoms with Crippen molar-refractivity contribution in [1.82, 2.24) is 4.90 Å². The average molecular weight is 314 g/mol. The molecule has 0 aromatic heterocycles. The third kappa shape index (κ3) is 3.80. The molecule has 2 aromatic rings. The Hall–Kier alpha value is -2.56. The number of hydrogen-bond donors (Lipinski definition) is 1. The van der Waals surface area contributed by atoms with Crippen LogP contribution in [-0.2, 0) is 11.2 Å². The van der Waals surface area contributed by atoms with Gasteiger partial charge in [0.2, 0.25) is 5.91 Å². The minimum atomic E-state index is -0.313. The number of phenolic OH excluding ortho intramolecular Hbond substituents is 1. The molecule has 1 saturated heterocycles. The number of phenols is 1. The van der Waals surface area contributed by atoms with Gasteiger partial charge in [-0.25, -0.2) is 4.39 Å². The fraction of sp³-hybridized carbons (Fsp3) is 0.278. The summed E-state index contributed by atoms with van der Waals surface area (Å²) in [4.78, 5) is 16.3. The molecule has 0 spiro atoms. The fourth-order valence-electron chi connectivity index (χ4n) is 2.81. The first-order chi connectivity index (χ1) is 11.1. The Morgan fingerprint density at radius 1 is 1.04 bits per heavy atom. The standard InChI is InChI=1S/C18H19FN2O2/c19-15-3-1-2-14(12-15)13-18(23)21-10-8-20(9-11-21)16-4-6-17(22)7-5-16/h1-7,12,22H,8-11,13H2. The first-order valence-corrected chi connectivity index (χ1v) is 7.68. The normalized spacial score (nSPS) is 14.8. The fourth-order valence-corrected chi connectivity index (χ4v) is 2.81. The molecule has 2 aromatic carbocycles. The van der Waals surface area contributed by atoms with Crippen LogP contribution < -0.4 is 4.90 Å². The van der Waals surface area contributed by atoms with Gasteiger partial charge in [0, 0.05) is 31.9 Å². The van der Waals surface area contributed by atoms with Crippen LogP contribution in [0, 0.1) is 5.82 Å². The molecule has 4 nitrogen and oxygen atoms in total. The number of benzene rings is 2. The maximum absolute atomic E-state index is 13.2. The Balaban J connectivity index is 1.56. The van der Waals surface area contributed by atoms with Gasteiger partial charge >= 0.3 is 0 Å². The van der Waals surface area contributed by atoms with Gasteiger partial charge in [-0.1, -0.05) is 12.1 Å². The summed E-state index contributed by atoms with van der Waals surface area (Å²) in [6.45, 7) is 2.80. The van der Waals surface area contributed by atoms with Gasteiger partial charge in [-0.15, -0.1) is 0 Å². The minimum Gasteiger partial charge on any atom is -0.508 e. The lowest BCUT2D eigenvalue weighted by Crippen LogP contribution is -2.49. The zero-order valence-electron chi connectivity index (χ0n) is 12.8. The third-order valence-electron chi connectivity index (χ3n) is 4.09. The van der Waals surface area contributed by atoms with Crippen LogP contribution in [0.4, 0.5) is 10.1 Å². The summed E-state index contributed by atoms with van der Waals surface area (Å²) >= 11 is 0.